The number of halogens is 1. The summed E-state index contributed by atoms with van der Waals surface area (Å²) < 4.78 is 11.5. The predicted molar refractivity (Wildman–Crippen MR) is 263 cm³/mol. The Morgan fingerprint density at radius 2 is 0.934 bits per heavy atom. The van der Waals surface area contributed by atoms with Crippen molar-refractivity contribution in [2.75, 3.05) is 39.9 Å². The lowest BCUT2D eigenvalue weighted by atomic mass is 9.95. The van der Waals surface area contributed by atoms with Crippen molar-refractivity contribution in [1.29, 1.82) is 0 Å². The molecule has 0 aromatic heterocycles. The Bertz CT molecular complexity index is 942. The van der Waals surface area contributed by atoms with E-state index in [2.05, 4.69) is 39.6 Å². The van der Waals surface area contributed by atoms with Crippen LogP contribution in [0.15, 0.2) is 0 Å². The van der Waals surface area contributed by atoms with Gasteiger partial charge in [0.1, 0.15) is 0 Å². The molecular weight excluding hydrogens is 780 g/mol. The average Bonchev–Trinajstić information content (AvgIpc) is 3.26. The van der Waals surface area contributed by atoms with Crippen molar-refractivity contribution >= 4 is 28.9 Å². The first-order chi connectivity index (χ1) is 29.7. The second kappa shape index (κ2) is 43.9. The van der Waals surface area contributed by atoms with Crippen molar-refractivity contribution in [3.63, 3.8) is 0 Å². The van der Waals surface area contributed by atoms with Crippen molar-refractivity contribution in [1.82, 2.24) is 9.80 Å². The highest BCUT2D eigenvalue weighted by Gasteiger charge is 2.27. The Morgan fingerprint density at radius 3 is 1.34 bits per heavy atom. The van der Waals surface area contributed by atoms with Crippen LogP contribution in [0.1, 0.15) is 260 Å². The summed E-state index contributed by atoms with van der Waals surface area (Å²) in [5, 5.41) is -0.289. The molecule has 61 heavy (non-hydrogen) atoms. The third-order valence-electron chi connectivity index (χ3n) is 13.0. The topological polar surface area (TPSA) is 76.2 Å². The highest BCUT2D eigenvalue weighted by molar-refractivity contribution is 6.62. The number of nitrogens with zero attached hydrogens (tertiary/aromatic N) is 2. The summed E-state index contributed by atoms with van der Waals surface area (Å²) in [6.07, 6.45) is 38.2. The summed E-state index contributed by atoms with van der Waals surface area (Å²) in [4.78, 5) is 42.3. The molecule has 362 valence electrons. The second-order valence-corrected chi connectivity index (χ2v) is 19.1. The van der Waals surface area contributed by atoms with Crippen LogP contribution in [0.4, 0.5) is 4.79 Å². The van der Waals surface area contributed by atoms with Gasteiger partial charge in [0.15, 0.2) is 0 Å². The fourth-order valence-corrected chi connectivity index (χ4v) is 9.33. The highest BCUT2D eigenvalue weighted by atomic mass is 35.5. The molecule has 0 saturated carbocycles. The van der Waals surface area contributed by atoms with Gasteiger partial charge < -0.3 is 19.3 Å². The maximum atomic E-state index is 12.9. The molecule has 0 radical (unpaired) electrons. The first kappa shape index (κ1) is 59.7. The molecule has 0 bridgehead atoms. The Kier molecular flexibility index (Phi) is 42.9. The maximum Gasteiger partial charge on any atom is 0.316 e. The number of carbonyl (C=O) groups is 3. The predicted octanol–water partition coefficient (Wildman–Crippen LogP) is 16.3. The standard InChI is InChI=1S/C51H97ClN2O5.C2H6/c1-6-10-14-24-33-45(31-12-8-3)43-58-49(55)38-28-22-18-16-20-26-36-48(54(51(52)57)42-47-35-30-40-53(5)41-47)37-27-21-17-19-23-29-39-50(56)59-44-46(32-13-9-4)34-25-15-11-7-2;1-2/h45-48H,6-44H2,1-5H3;1-2H3. The number of ether oxygens (including phenoxy) is 2. The molecule has 0 aromatic carbocycles. The number of rotatable bonds is 41. The zero-order valence-corrected chi connectivity index (χ0v) is 42.5. The first-order valence-corrected chi connectivity index (χ1v) is 27.1. The number of esters is 2. The lowest BCUT2D eigenvalue weighted by Crippen LogP contribution is -2.44. The molecule has 3 unspecified atom stereocenters. The van der Waals surface area contributed by atoms with E-state index in [9.17, 15) is 14.4 Å². The van der Waals surface area contributed by atoms with Crippen molar-refractivity contribution < 1.29 is 23.9 Å². The van der Waals surface area contributed by atoms with E-state index in [0.717, 1.165) is 116 Å². The van der Waals surface area contributed by atoms with Gasteiger partial charge in [-0.25, -0.2) is 0 Å². The average molecular weight is 884 g/mol. The van der Waals surface area contributed by atoms with Crippen molar-refractivity contribution in [2.45, 2.75) is 266 Å². The lowest BCUT2D eigenvalue weighted by Gasteiger charge is -2.37. The Hall–Kier alpha value is -1.34. The normalized spacial score (nSPS) is 15.7. The van der Waals surface area contributed by atoms with Gasteiger partial charge in [-0.2, -0.15) is 0 Å². The van der Waals surface area contributed by atoms with E-state index in [4.69, 9.17) is 21.1 Å². The molecule has 7 nitrogen and oxygen atoms in total. The van der Waals surface area contributed by atoms with Crippen LogP contribution in [0, 0.1) is 17.8 Å². The van der Waals surface area contributed by atoms with E-state index in [1.807, 2.05) is 18.7 Å². The first-order valence-electron chi connectivity index (χ1n) is 26.7. The van der Waals surface area contributed by atoms with E-state index in [0.29, 0.717) is 43.8 Å². The van der Waals surface area contributed by atoms with Crippen molar-refractivity contribution in [2.24, 2.45) is 17.8 Å². The molecule has 1 aliphatic rings. The van der Waals surface area contributed by atoms with Crippen LogP contribution >= 0.6 is 11.6 Å². The number of piperidine rings is 1. The van der Waals surface area contributed by atoms with Gasteiger partial charge in [0.2, 0.25) is 0 Å². The summed E-state index contributed by atoms with van der Waals surface area (Å²) in [5.74, 6) is 1.48. The molecule has 8 heteroatoms. The van der Waals surface area contributed by atoms with E-state index in [1.165, 1.54) is 109 Å². The van der Waals surface area contributed by atoms with Gasteiger partial charge in [-0.05, 0) is 107 Å². The minimum Gasteiger partial charge on any atom is -0.465 e. The number of unbranched alkanes of at least 4 members (excludes halogenated alkanes) is 18. The highest BCUT2D eigenvalue weighted by Crippen LogP contribution is 2.25. The summed E-state index contributed by atoms with van der Waals surface area (Å²) >= 11 is 6.33. The van der Waals surface area contributed by atoms with Crippen molar-refractivity contribution in [3.8, 4) is 0 Å². The Balaban J connectivity index is 0.0000177. The zero-order valence-electron chi connectivity index (χ0n) is 41.7. The number of hydrogen-bond donors (Lipinski definition) is 0. The van der Waals surface area contributed by atoms with E-state index in [-0.39, 0.29) is 23.3 Å². The summed E-state index contributed by atoms with van der Waals surface area (Å²) in [7, 11) is 2.18. The smallest absolute Gasteiger partial charge is 0.316 e. The number of hydrogen-bond acceptors (Lipinski definition) is 6. The number of carbonyl (C=O) groups excluding carboxylic acids is 3. The summed E-state index contributed by atoms with van der Waals surface area (Å²) in [6, 6.07) is 0.192. The van der Waals surface area contributed by atoms with Crippen LogP contribution < -0.4 is 0 Å². The molecule has 1 saturated heterocycles. The molecule has 0 aromatic rings. The van der Waals surface area contributed by atoms with Gasteiger partial charge in [-0.15, -0.1) is 0 Å². The van der Waals surface area contributed by atoms with Crippen LogP contribution in [0.3, 0.4) is 0 Å². The minimum atomic E-state index is -0.289. The van der Waals surface area contributed by atoms with E-state index in [1.54, 1.807) is 0 Å². The summed E-state index contributed by atoms with van der Waals surface area (Å²) in [5.41, 5.74) is 0. The van der Waals surface area contributed by atoms with Gasteiger partial charge in [-0.3, -0.25) is 14.4 Å². The number of amides is 1. The molecule has 0 aliphatic carbocycles. The quantitative estimate of drug-likeness (QED) is 0.0263. The molecule has 0 spiro atoms. The van der Waals surface area contributed by atoms with Crippen molar-refractivity contribution in [3.05, 3.63) is 0 Å². The molecule has 1 amide bonds. The molecule has 1 fully saturated rings. The summed E-state index contributed by atoms with van der Waals surface area (Å²) in [6.45, 7) is 17.1. The largest absolute Gasteiger partial charge is 0.465 e. The van der Waals surface area contributed by atoms with Gasteiger partial charge in [0, 0.05) is 32.0 Å². The SMILES string of the molecule is CC.CCCCCCC(CCCC)COC(=O)CCCCCCCCC(CCCCCCCCC(=O)OCC(CCCC)CCCCCC)N(CC1CCCN(C)C1)C(=O)Cl. The molecular formula is C53H103ClN2O5. The minimum absolute atomic E-state index is 0.0209. The van der Waals surface area contributed by atoms with Gasteiger partial charge in [0.05, 0.1) is 13.2 Å². The van der Waals surface area contributed by atoms with Gasteiger partial charge in [-0.1, -0.05) is 183 Å². The fourth-order valence-electron chi connectivity index (χ4n) is 9.13. The fraction of sp³-hybridized carbons (Fsp3) is 0.943. The Morgan fingerprint density at radius 1 is 0.557 bits per heavy atom. The maximum absolute atomic E-state index is 12.9. The second-order valence-electron chi connectivity index (χ2n) is 18.7. The zero-order chi connectivity index (χ0) is 45.2. The number of likely N-dealkylation sites (tertiary alicyclic amines) is 1. The molecule has 1 heterocycles. The third kappa shape index (κ3) is 35.7. The van der Waals surface area contributed by atoms with E-state index < -0.39 is 0 Å². The third-order valence-corrected chi connectivity index (χ3v) is 13.2. The van der Waals surface area contributed by atoms with Crippen LogP contribution in [0.2, 0.25) is 0 Å². The van der Waals surface area contributed by atoms with Crippen LogP contribution in [-0.2, 0) is 19.1 Å². The van der Waals surface area contributed by atoms with Crippen LogP contribution in [0.5, 0.6) is 0 Å². The van der Waals surface area contributed by atoms with E-state index >= 15 is 0 Å². The monoisotopic (exact) mass is 883 g/mol. The Labute approximate surface area is 384 Å². The molecule has 3 atom stereocenters. The molecule has 0 N–H and O–H groups in total. The lowest BCUT2D eigenvalue weighted by molar-refractivity contribution is -0.146. The molecule has 1 aliphatic heterocycles. The van der Waals surface area contributed by atoms with Gasteiger partial charge >= 0.3 is 17.3 Å². The van der Waals surface area contributed by atoms with Crippen LogP contribution in [-0.4, -0.2) is 73.0 Å². The molecule has 1 rings (SSSR count). The van der Waals surface area contributed by atoms with Gasteiger partial charge in [0.25, 0.3) is 0 Å². The van der Waals surface area contributed by atoms with Crippen LogP contribution in [0.25, 0.3) is 0 Å².